The van der Waals surface area contributed by atoms with Crippen LogP contribution >= 0.6 is 11.6 Å². The van der Waals surface area contributed by atoms with E-state index in [-0.39, 0.29) is 35.6 Å². The summed E-state index contributed by atoms with van der Waals surface area (Å²) in [4.78, 5) is 34.8. The Kier molecular flexibility index (Phi) is 11.7. The van der Waals surface area contributed by atoms with Crippen LogP contribution in [0.3, 0.4) is 0 Å². The molecule has 0 aliphatic carbocycles. The van der Waals surface area contributed by atoms with Crippen LogP contribution in [0.1, 0.15) is 21.0 Å². The summed E-state index contributed by atoms with van der Waals surface area (Å²) in [5.41, 5.74) is -0.238. The van der Waals surface area contributed by atoms with Gasteiger partial charge < -0.3 is 20.1 Å². The molecule has 2 aromatic heterocycles. The van der Waals surface area contributed by atoms with Gasteiger partial charge in [-0.2, -0.15) is 0 Å². The molecule has 0 saturated carbocycles. The van der Waals surface area contributed by atoms with Crippen molar-refractivity contribution >= 4 is 23.5 Å². The molecule has 0 bridgehead atoms. The van der Waals surface area contributed by atoms with Gasteiger partial charge in [0.05, 0.1) is 24.8 Å². The lowest BCUT2D eigenvalue weighted by Gasteiger charge is -1.99. The van der Waals surface area contributed by atoms with E-state index < -0.39 is 11.9 Å². The number of aromatic carboxylic acids is 2. The summed E-state index contributed by atoms with van der Waals surface area (Å²) in [6.07, 6.45) is 14.1. The quantitative estimate of drug-likeness (QED) is 0.630. The molecule has 2 heterocycles. The van der Waals surface area contributed by atoms with Crippen molar-refractivity contribution in [2.24, 2.45) is 0 Å². The molecule has 0 spiro atoms. The summed E-state index contributed by atoms with van der Waals surface area (Å²) in [6, 6.07) is 0. The van der Waals surface area contributed by atoms with Crippen LogP contribution in [0, 0.1) is 24.7 Å². The lowest BCUT2D eigenvalue weighted by Crippen LogP contribution is -2.02. The highest BCUT2D eigenvalue weighted by Gasteiger charge is 2.04. The van der Waals surface area contributed by atoms with Crippen molar-refractivity contribution in [1.82, 2.24) is 19.9 Å². The molecule has 0 unspecified atom stereocenters. The van der Waals surface area contributed by atoms with Gasteiger partial charge in [-0.3, -0.25) is 0 Å². The van der Waals surface area contributed by atoms with Crippen LogP contribution in [-0.2, 0) is 0 Å². The number of rotatable bonds is 4. The summed E-state index contributed by atoms with van der Waals surface area (Å²) in [5.74, 6) is 2.21. The first kappa shape index (κ1) is 23.3. The average Bonchev–Trinajstić information content (AvgIpc) is 2.67. The molecule has 0 amide bonds. The van der Waals surface area contributed by atoms with Gasteiger partial charge in [-0.05, 0) is 0 Å². The van der Waals surface area contributed by atoms with E-state index >= 15 is 0 Å². The molecule has 140 valence electrons. The Bertz CT molecular complexity index is 813. The number of carboxylic acids is 2. The maximum absolute atomic E-state index is 10.4. The average molecular weight is 393 g/mol. The summed E-state index contributed by atoms with van der Waals surface area (Å²) in [5, 5.41) is 24.6. The van der Waals surface area contributed by atoms with Gasteiger partial charge in [-0.25, -0.2) is 29.5 Å². The first-order valence-electron chi connectivity index (χ1n) is 6.72. The number of carbonyl (C=O) groups is 2. The van der Waals surface area contributed by atoms with Crippen molar-refractivity contribution in [3.8, 4) is 30.6 Å². The van der Waals surface area contributed by atoms with Crippen molar-refractivity contribution in [3.05, 3.63) is 41.3 Å². The van der Waals surface area contributed by atoms with Gasteiger partial charge in [0.2, 0.25) is 5.88 Å². The largest absolute Gasteiger partial charge is 0.476 e. The van der Waals surface area contributed by atoms with E-state index in [1.165, 1.54) is 12.4 Å². The Balaban J connectivity index is 0.000000428. The van der Waals surface area contributed by atoms with Gasteiger partial charge in [0.25, 0.3) is 0 Å². The number of nitrogens with zero attached hydrogens (tertiary/aromatic N) is 4. The van der Waals surface area contributed by atoms with E-state index in [0.717, 1.165) is 12.4 Å². The Hall–Kier alpha value is -3.73. The van der Waals surface area contributed by atoms with Crippen molar-refractivity contribution in [3.63, 3.8) is 0 Å². The third-order valence-electron chi connectivity index (χ3n) is 2.08. The summed E-state index contributed by atoms with van der Waals surface area (Å²) in [6.45, 7) is -0.0684. The maximum atomic E-state index is 10.4. The lowest BCUT2D eigenvalue weighted by atomic mass is 10.5. The number of ether oxygens (including phenoxy) is 1. The first-order valence-corrected chi connectivity index (χ1v) is 7.10. The van der Waals surface area contributed by atoms with Crippen LogP contribution in [0.4, 0.5) is 0 Å². The third kappa shape index (κ3) is 10.7. The molecular formula is C16H13ClN4O6. The second-order valence-electron chi connectivity index (χ2n) is 3.93. The Morgan fingerprint density at radius 1 is 0.963 bits per heavy atom. The van der Waals surface area contributed by atoms with Crippen LogP contribution in [0.2, 0.25) is 5.15 Å². The smallest absolute Gasteiger partial charge is 0.356 e. The van der Waals surface area contributed by atoms with Crippen molar-refractivity contribution < 1.29 is 29.6 Å². The minimum atomic E-state index is -1.13. The fraction of sp³-hybridized carbons (Fsp3) is 0.125. The molecule has 0 radical (unpaired) electrons. The molecule has 2 aromatic rings. The van der Waals surface area contributed by atoms with Crippen LogP contribution in [0.15, 0.2) is 24.8 Å². The number of aliphatic hydroxyl groups is 1. The predicted octanol–water partition coefficient (Wildman–Crippen LogP) is 0.627. The van der Waals surface area contributed by atoms with Gasteiger partial charge in [-0.1, -0.05) is 23.4 Å². The number of carboxylic acid groups (broad SMARTS) is 2. The fourth-order valence-electron chi connectivity index (χ4n) is 1.04. The SMILES string of the molecule is C#CCO.C#CCOc1cnc(C(=O)O)cn1.O=C(O)c1cnc(Cl)cn1. The molecule has 0 fully saturated rings. The minimum absolute atomic E-state index is 0.0844. The van der Waals surface area contributed by atoms with Crippen molar-refractivity contribution in [2.75, 3.05) is 13.2 Å². The Labute approximate surface area is 158 Å². The van der Waals surface area contributed by atoms with Gasteiger partial charge in [0.1, 0.15) is 11.8 Å². The van der Waals surface area contributed by atoms with Crippen molar-refractivity contribution in [1.29, 1.82) is 0 Å². The van der Waals surface area contributed by atoms with E-state index in [9.17, 15) is 9.59 Å². The molecule has 0 aromatic carbocycles. The number of hydrogen-bond acceptors (Lipinski definition) is 8. The Morgan fingerprint density at radius 2 is 1.48 bits per heavy atom. The number of terminal acetylenes is 2. The topological polar surface area (TPSA) is 156 Å². The zero-order valence-electron chi connectivity index (χ0n) is 13.6. The molecule has 3 N–H and O–H groups in total. The van der Waals surface area contributed by atoms with Crippen LogP contribution in [0.5, 0.6) is 5.88 Å². The molecule has 10 nitrogen and oxygen atoms in total. The van der Waals surface area contributed by atoms with Crippen LogP contribution in [0.25, 0.3) is 0 Å². The third-order valence-corrected chi connectivity index (χ3v) is 2.28. The fourth-order valence-corrected chi connectivity index (χ4v) is 1.14. The van der Waals surface area contributed by atoms with Crippen LogP contribution in [-0.4, -0.2) is 60.4 Å². The van der Waals surface area contributed by atoms with E-state index in [0.29, 0.717) is 0 Å². The summed E-state index contributed by atoms with van der Waals surface area (Å²) >= 11 is 5.35. The highest BCUT2D eigenvalue weighted by atomic mass is 35.5. The predicted molar refractivity (Wildman–Crippen MR) is 93.2 cm³/mol. The zero-order valence-corrected chi connectivity index (χ0v) is 14.4. The van der Waals surface area contributed by atoms with Gasteiger partial charge in [0.15, 0.2) is 18.0 Å². The van der Waals surface area contributed by atoms with Gasteiger partial charge in [0, 0.05) is 0 Å². The number of aromatic nitrogens is 4. The molecule has 0 atom stereocenters. The maximum Gasteiger partial charge on any atom is 0.356 e. The highest BCUT2D eigenvalue weighted by Crippen LogP contribution is 2.03. The van der Waals surface area contributed by atoms with Crippen molar-refractivity contribution in [2.45, 2.75) is 0 Å². The first-order chi connectivity index (χ1) is 12.8. The molecule has 0 saturated heterocycles. The number of aliphatic hydroxyl groups excluding tert-OH is 1. The van der Waals surface area contributed by atoms with E-state index in [1.54, 1.807) is 0 Å². The second-order valence-corrected chi connectivity index (χ2v) is 4.32. The number of halogens is 1. The second kappa shape index (κ2) is 13.5. The Morgan fingerprint density at radius 3 is 1.81 bits per heavy atom. The monoisotopic (exact) mass is 392 g/mol. The van der Waals surface area contributed by atoms with E-state index in [1.807, 2.05) is 5.92 Å². The molecular weight excluding hydrogens is 380 g/mol. The van der Waals surface area contributed by atoms with E-state index in [4.69, 9.17) is 38.1 Å². The normalized spacial score (nSPS) is 8.44. The molecule has 27 heavy (non-hydrogen) atoms. The summed E-state index contributed by atoms with van der Waals surface area (Å²) < 4.78 is 4.89. The zero-order chi connectivity index (χ0) is 20.7. The van der Waals surface area contributed by atoms with E-state index in [2.05, 4.69) is 32.3 Å². The molecule has 11 heteroatoms. The minimum Gasteiger partial charge on any atom is -0.476 e. The standard InChI is InChI=1S/C8H6N2O3.C5H3ClN2O2.C3H4O/c1-2-3-13-7-5-9-6(4-10-7)8(11)12;6-4-2-7-3(1-8-4)5(9)10;1-2-3-4/h1,4-5H,3H2,(H,11,12);1-2H,(H,9,10);1,4H,3H2. The van der Waals surface area contributed by atoms with Crippen LogP contribution < -0.4 is 4.74 Å². The summed E-state index contributed by atoms with van der Waals surface area (Å²) in [7, 11) is 0. The van der Waals surface area contributed by atoms with Gasteiger partial charge >= 0.3 is 11.9 Å². The molecule has 2 rings (SSSR count). The lowest BCUT2D eigenvalue weighted by molar-refractivity contribution is 0.0679. The number of hydrogen-bond donors (Lipinski definition) is 3. The molecule has 0 aliphatic rings. The molecule has 0 aliphatic heterocycles. The highest BCUT2D eigenvalue weighted by molar-refractivity contribution is 6.29. The van der Waals surface area contributed by atoms with Gasteiger partial charge in [-0.15, -0.1) is 12.8 Å².